The average Bonchev–Trinajstić information content (AvgIpc) is 3.22. The SMILES string of the molecule is CC1(C)NC(=O)N(CCC(=O)N2CC[NH+](Cc3ccc4c(c3)CCO4)CC2)C1=O. The van der Waals surface area contributed by atoms with E-state index in [1.807, 2.05) is 4.90 Å². The van der Waals surface area contributed by atoms with Gasteiger partial charge in [-0.25, -0.2) is 4.79 Å². The van der Waals surface area contributed by atoms with Gasteiger partial charge in [0.2, 0.25) is 5.91 Å². The van der Waals surface area contributed by atoms with Gasteiger partial charge in [0.25, 0.3) is 5.91 Å². The van der Waals surface area contributed by atoms with Gasteiger partial charge in [0.15, 0.2) is 0 Å². The molecule has 156 valence electrons. The summed E-state index contributed by atoms with van der Waals surface area (Å²) >= 11 is 0. The van der Waals surface area contributed by atoms with Crippen LogP contribution >= 0.6 is 0 Å². The Bertz CT molecular complexity index is 830. The van der Waals surface area contributed by atoms with E-state index in [1.165, 1.54) is 16.0 Å². The molecule has 0 aliphatic carbocycles. The van der Waals surface area contributed by atoms with Gasteiger partial charge in [-0.2, -0.15) is 0 Å². The fourth-order valence-electron chi connectivity index (χ4n) is 4.27. The molecule has 0 bridgehead atoms. The summed E-state index contributed by atoms with van der Waals surface area (Å²) in [4.78, 5) is 41.2. The fourth-order valence-corrected chi connectivity index (χ4v) is 4.27. The number of piperazine rings is 1. The summed E-state index contributed by atoms with van der Waals surface area (Å²) in [6, 6.07) is 6.02. The van der Waals surface area contributed by atoms with Crippen LogP contribution in [0.4, 0.5) is 4.79 Å². The number of fused-ring (bicyclic) bond motifs is 1. The van der Waals surface area contributed by atoms with Crippen LogP contribution in [0.3, 0.4) is 0 Å². The predicted octanol–water partition coefficient (Wildman–Crippen LogP) is -0.431. The van der Waals surface area contributed by atoms with Crippen molar-refractivity contribution in [1.29, 1.82) is 0 Å². The molecule has 0 unspecified atom stereocenters. The van der Waals surface area contributed by atoms with Crippen LogP contribution in [-0.4, -0.2) is 72.5 Å². The van der Waals surface area contributed by atoms with Crippen molar-refractivity contribution >= 4 is 17.8 Å². The van der Waals surface area contributed by atoms with Crippen LogP contribution < -0.4 is 15.0 Å². The number of imide groups is 1. The van der Waals surface area contributed by atoms with Gasteiger partial charge in [-0.3, -0.25) is 14.5 Å². The molecule has 3 aliphatic rings. The van der Waals surface area contributed by atoms with Gasteiger partial charge in [-0.1, -0.05) is 0 Å². The van der Waals surface area contributed by atoms with Crippen LogP contribution in [0, 0.1) is 0 Å². The number of carbonyl (C=O) groups excluding carboxylic acids is 3. The summed E-state index contributed by atoms with van der Waals surface area (Å²) in [6.45, 7) is 8.40. The second-order valence-electron chi connectivity index (χ2n) is 8.61. The second-order valence-corrected chi connectivity index (χ2v) is 8.61. The largest absolute Gasteiger partial charge is 0.493 e. The van der Waals surface area contributed by atoms with Crippen molar-refractivity contribution in [3.63, 3.8) is 0 Å². The van der Waals surface area contributed by atoms with E-state index in [4.69, 9.17) is 4.74 Å². The van der Waals surface area contributed by atoms with Crippen molar-refractivity contribution in [2.45, 2.75) is 38.8 Å². The third kappa shape index (κ3) is 4.07. The minimum Gasteiger partial charge on any atom is -0.493 e. The van der Waals surface area contributed by atoms with E-state index >= 15 is 0 Å². The lowest BCUT2D eigenvalue weighted by molar-refractivity contribution is -0.917. The van der Waals surface area contributed by atoms with Crippen molar-refractivity contribution in [3.8, 4) is 5.75 Å². The van der Waals surface area contributed by atoms with Crippen molar-refractivity contribution < 1.29 is 24.0 Å². The van der Waals surface area contributed by atoms with Crippen LogP contribution in [0.25, 0.3) is 0 Å². The van der Waals surface area contributed by atoms with Gasteiger partial charge in [-0.05, 0) is 37.6 Å². The number of rotatable bonds is 5. The Hall–Kier alpha value is -2.61. The van der Waals surface area contributed by atoms with Crippen LogP contribution in [0.1, 0.15) is 31.4 Å². The highest BCUT2D eigenvalue weighted by Crippen LogP contribution is 2.25. The molecule has 1 aromatic carbocycles. The first-order chi connectivity index (χ1) is 13.8. The molecule has 0 radical (unpaired) electrons. The molecule has 3 aliphatic heterocycles. The first-order valence-electron chi connectivity index (χ1n) is 10.3. The molecular formula is C21H29N4O4+. The van der Waals surface area contributed by atoms with Gasteiger partial charge in [-0.15, -0.1) is 0 Å². The summed E-state index contributed by atoms with van der Waals surface area (Å²) in [5, 5.41) is 2.64. The number of carbonyl (C=O) groups is 3. The Morgan fingerprint density at radius 1 is 1.24 bits per heavy atom. The smallest absolute Gasteiger partial charge is 0.325 e. The summed E-state index contributed by atoms with van der Waals surface area (Å²) < 4.78 is 5.57. The molecule has 29 heavy (non-hydrogen) atoms. The van der Waals surface area contributed by atoms with E-state index in [0.29, 0.717) is 13.1 Å². The van der Waals surface area contributed by atoms with Crippen LogP contribution in [0.15, 0.2) is 18.2 Å². The van der Waals surface area contributed by atoms with E-state index in [9.17, 15) is 14.4 Å². The van der Waals surface area contributed by atoms with E-state index < -0.39 is 11.6 Å². The van der Waals surface area contributed by atoms with Crippen molar-refractivity contribution in [3.05, 3.63) is 29.3 Å². The number of hydrogen-bond donors (Lipinski definition) is 2. The number of ether oxygens (including phenoxy) is 1. The number of benzene rings is 1. The molecule has 3 heterocycles. The van der Waals surface area contributed by atoms with Gasteiger partial charge < -0.3 is 19.9 Å². The van der Waals surface area contributed by atoms with E-state index in [-0.39, 0.29) is 24.8 Å². The number of hydrogen-bond acceptors (Lipinski definition) is 4. The highest BCUT2D eigenvalue weighted by molar-refractivity contribution is 6.06. The van der Waals surface area contributed by atoms with Crippen LogP contribution in [0.5, 0.6) is 5.75 Å². The molecule has 2 N–H and O–H groups in total. The third-order valence-corrected chi connectivity index (χ3v) is 6.02. The number of amides is 4. The Balaban J connectivity index is 1.24. The summed E-state index contributed by atoms with van der Waals surface area (Å²) in [6.07, 6.45) is 1.16. The second kappa shape index (κ2) is 7.67. The number of nitrogens with zero attached hydrogens (tertiary/aromatic N) is 2. The quantitative estimate of drug-likeness (QED) is 0.656. The fraction of sp³-hybridized carbons (Fsp3) is 0.571. The molecule has 8 nitrogen and oxygen atoms in total. The van der Waals surface area contributed by atoms with Crippen LogP contribution in [0.2, 0.25) is 0 Å². The topological polar surface area (TPSA) is 83.4 Å². The molecule has 0 spiro atoms. The predicted molar refractivity (Wildman–Crippen MR) is 106 cm³/mol. The van der Waals surface area contributed by atoms with Gasteiger partial charge in [0.1, 0.15) is 17.8 Å². The van der Waals surface area contributed by atoms with Crippen molar-refractivity contribution in [2.75, 3.05) is 39.3 Å². The number of urea groups is 1. The zero-order valence-electron chi connectivity index (χ0n) is 17.1. The van der Waals surface area contributed by atoms with Gasteiger partial charge >= 0.3 is 6.03 Å². The minimum atomic E-state index is -0.890. The van der Waals surface area contributed by atoms with Crippen LogP contribution in [-0.2, 0) is 22.6 Å². The zero-order chi connectivity index (χ0) is 20.6. The van der Waals surface area contributed by atoms with Crippen molar-refractivity contribution in [2.24, 2.45) is 0 Å². The van der Waals surface area contributed by atoms with E-state index in [2.05, 4.69) is 23.5 Å². The zero-order valence-corrected chi connectivity index (χ0v) is 17.1. The number of nitrogens with one attached hydrogen (secondary N) is 2. The highest BCUT2D eigenvalue weighted by Gasteiger charge is 2.44. The maximum atomic E-state index is 12.6. The molecule has 2 saturated heterocycles. The summed E-state index contributed by atoms with van der Waals surface area (Å²) in [7, 11) is 0. The molecule has 0 aromatic heterocycles. The highest BCUT2D eigenvalue weighted by atomic mass is 16.5. The third-order valence-electron chi connectivity index (χ3n) is 6.02. The van der Waals surface area contributed by atoms with Crippen molar-refractivity contribution in [1.82, 2.24) is 15.1 Å². The Kier molecular flexibility index (Phi) is 5.21. The molecule has 8 heteroatoms. The maximum absolute atomic E-state index is 12.6. The lowest BCUT2D eigenvalue weighted by Gasteiger charge is -2.32. The molecular weight excluding hydrogens is 372 g/mol. The van der Waals surface area contributed by atoms with E-state index in [0.717, 1.165) is 43.3 Å². The Morgan fingerprint density at radius 2 is 2.00 bits per heavy atom. The molecule has 1 aromatic rings. The first-order valence-corrected chi connectivity index (χ1v) is 10.3. The molecule has 4 amide bonds. The molecule has 0 atom stereocenters. The number of quaternary nitrogens is 1. The van der Waals surface area contributed by atoms with E-state index in [1.54, 1.807) is 13.8 Å². The monoisotopic (exact) mass is 401 g/mol. The normalized spacial score (nSPS) is 21.2. The minimum absolute atomic E-state index is 0.00374. The Morgan fingerprint density at radius 3 is 2.69 bits per heavy atom. The lowest BCUT2D eigenvalue weighted by Crippen LogP contribution is -3.13. The van der Waals surface area contributed by atoms with Gasteiger partial charge in [0.05, 0.1) is 32.8 Å². The maximum Gasteiger partial charge on any atom is 0.325 e. The summed E-state index contributed by atoms with van der Waals surface area (Å²) in [5.41, 5.74) is 1.71. The van der Waals surface area contributed by atoms with Gasteiger partial charge in [0, 0.05) is 24.9 Å². The standard InChI is InChI=1S/C21H28N4O4/c1-21(2)19(27)25(20(28)22-21)7-5-18(26)24-10-8-23(9-11-24)14-15-3-4-17-16(13-15)6-12-29-17/h3-4,13H,5-12,14H2,1-2H3,(H,22,28)/p+1. The average molecular weight is 401 g/mol. The Labute approximate surface area is 170 Å². The first kappa shape index (κ1) is 19.7. The lowest BCUT2D eigenvalue weighted by atomic mass is 10.1. The summed E-state index contributed by atoms with van der Waals surface area (Å²) in [5.74, 6) is 0.737. The molecule has 4 rings (SSSR count). The molecule has 0 saturated carbocycles. The molecule has 2 fully saturated rings.